The van der Waals surface area contributed by atoms with Crippen molar-refractivity contribution in [3.05, 3.63) is 24.0 Å². The topological polar surface area (TPSA) is 76.6 Å². The Hall–Kier alpha value is -2.24. The van der Waals surface area contributed by atoms with Crippen LogP contribution in [0.2, 0.25) is 0 Å². The average Bonchev–Trinajstić information content (AvgIpc) is 2.46. The summed E-state index contributed by atoms with van der Waals surface area (Å²) in [6.07, 6.45) is 2.88. The summed E-state index contributed by atoms with van der Waals surface area (Å²) < 4.78 is 4.67. The highest BCUT2D eigenvalue weighted by Gasteiger charge is 2.21. The van der Waals surface area contributed by atoms with Crippen molar-refractivity contribution in [1.82, 2.24) is 4.98 Å². The van der Waals surface area contributed by atoms with E-state index in [-0.39, 0.29) is 24.9 Å². The number of carbonyl (C=O) groups excluding carboxylic acids is 3. The molecule has 1 heterocycles. The Morgan fingerprint density at radius 3 is 2.57 bits per heavy atom. The first-order chi connectivity index (χ1) is 9.88. The summed E-state index contributed by atoms with van der Waals surface area (Å²) in [4.78, 5) is 40.6. The Bertz CT molecular complexity index is 540. The van der Waals surface area contributed by atoms with Crippen LogP contribution in [0.4, 0.5) is 5.69 Å². The number of carbonyl (C=O) groups is 3. The van der Waals surface area contributed by atoms with Crippen molar-refractivity contribution in [1.29, 1.82) is 0 Å². The summed E-state index contributed by atoms with van der Waals surface area (Å²) in [5, 5.41) is 0. The molecule has 0 N–H and O–H groups in total. The number of Topliss-reactive ketones (excluding diaryl/α,β-unsaturated/α-hetero) is 1. The number of pyridine rings is 1. The molecule has 1 aromatic rings. The van der Waals surface area contributed by atoms with Crippen LogP contribution in [0, 0.1) is 5.92 Å². The van der Waals surface area contributed by atoms with E-state index in [1.807, 2.05) is 0 Å². The van der Waals surface area contributed by atoms with Crippen LogP contribution in [0.15, 0.2) is 18.5 Å². The van der Waals surface area contributed by atoms with Gasteiger partial charge in [0.25, 0.3) is 0 Å². The van der Waals surface area contributed by atoms with Crippen molar-refractivity contribution in [2.75, 3.05) is 18.6 Å². The highest BCUT2D eigenvalue weighted by Crippen LogP contribution is 2.20. The van der Waals surface area contributed by atoms with Gasteiger partial charge in [0.1, 0.15) is 0 Å². The smallest absolute Gasteiger partial charge is 0.374 e. The second-order valence-electron chi connectivity index (χ2n) is 4.88. The van der Waals surface area contributed by atoms with Gasteiger partial charge in [-0.15, -0.1) is 0 Å². The zero-order chi connectivity index (χ0) is 16.0. The molecule has 0 saturated heterocycles. The first-order valence-electron chi connectivity index (χ1n) is 6.78. The summed E-state index contributed by atoms with van der Waals surface area (Å²) in [6, 6.07) is 1.65. The van der Waals surface area contributed by atoms with Crippen LogP contribution in [0.3, 0.4) is 0 Å². The Morgan fingerprint density at radius 2 is 2.00 bits per heavy atom. The van der Waals surface area contributed by atoms with Crippen molar-refractivity contribution in [2.45, 2.75) is 27.2 Å². The van der Waals surface area contributed by atoms with Gasteiger partial charge in [-0.1, -0.05) is 13.8 Å². The molecule has 114 valence electrons. The van der Waals surface area contributed by atoms with Crippen LogP contribution in [0.5, 0.6) is 0 Å². The molecule has 1 rings (SSSR count). The maximum atomic E-state index is 12.0. The highest BCUT2D eigenvalue weighted by atomic mass is 16.5. The van der Waals surface area contributed by atoms with Gasteiger partial charge in [0.15, 0.2) is 0 Å². The first-order valence-corrected chi connectivity index (χ1v) is 6.78. The molecule has 0 bridgehead atoms. The molecule has 6 nitrogen and oxygen atoms in total. The highest BCUT2D eigenvalue weighted by molar-refractivity contribution is 6.34. The van der Waals surface area contributed by atoms with Gasteiger partial charge in [-0.25, -0.2) is 4.79 Å². The molecule has 1 amide bonds. The lowest BCUT2D eigenvalue weighted by Crippen LogP contribution is -2.31. The van der Waals surface area contributed by atoms with Gasteiger partial charge < -0.3 is 9.64 Å². The number of ether oxygens (including phenoxy) is 1. The Balaban J connectivity index is 2.97. The normalized spacial score (nSPS) is 10.3. The summed E-state index contributed by atoms with van der Waals surface area (Å²) in [7, 11) is 1.63. The minimum absolute atomic E-state index is 0.0777. The van der Waals surface area contributed by atoms with Gasteiger partial charge in [-0.05, 0) is 13.0 Å². The third-order valence-corrected chi connectivity index (χ3v) is 2.92. The fraction of sp³-hybridized carbons (Fsp3) is 0.467. The molecule has 0 radical (unpaired) electrons. The van der Waals surface area contributed by atoms with E-state index >= 15 is 0 Å². The van der Waals surface area contributed by atoms with E-state index < -0.39 is 11.8 Å². The largest absolute Gasteiger partial charge is 0.460 e. The lowest BCUT2D eigenvalue weighted by atomic mass is 10.1. The van der Waals surface area contributed by atoms with Gasteiger partial charge in [-0.2, -0.15) is 0 Å². The monoisotopic (exact) mass is 292 g/mol. The van der Waals surface area contributed by atoms with Crippen LogP contribution in [0.1, 0.15) is 26.3 Å². The number of hydrogen-bond donors (Lipinski definition) is 0. The molecular weight excluding hydrogens is 272 g/mol. The second-order valence-corrected chi connectivity index (χ2v) is 4.88. The maximum absolute atomic E-state index is 12.0. The van der Waals surface area contributed by atoms with Crippen LogP contribution >= 0.6 is 0 Å². The number of amides is 1. The molecule has 0 aliphatic heterocycles. The fourth-order valence-electron chi connectivity index (χ4n) is 1.85. The second kappa shape index (κ2) is 7.52. The molecule has 0 saturated carbocycles. The zero-order valence-corrected chi connectivity index (χ0v) is 12.8. The molecule has 1 aromatic heterocycles. The summed E-state index contributed by atoms with van der Waals surface area (Å²) in [5.41, 5.74) is 1.09. The fourth-order valence-corrected chi connectivity index (χ4v) is 1.85. The lowest BCUT2D eigenvalue weighted by molar-refractivity contribution is -0.153. The number of hydrogen-bond acceptors (Lipinski definition) is 5. The first kappa shape index (κ1) is 16.8. The van der Waals surface area contributed by atoms with E-state index in [4.69, 9.17) is 0 Å². The number of ketones is 1. The molecule has 0 spiro atoms. The van der Waals surface area contributed by atoms with Gasteiger partial charge >= 0.3 is 5.97 Å². The van der Waals surface area contributed by atoms with E-state index in [0.29, 0.717) is 11.3 Å². The SMILES string of the molecule is CCOC(=O)C(=O)Cc1cnccc1N(C)C(=O)C(C)C. The lowest BCUT2D eigenvalue weighted by Gasteiger charge is -2.21. The van der Waals surface area contributed by atoms with Crippen molar-refractivity contribution in [3.8, 4) is 0 Å². The summed E-state index contributed by atoms with van der Waals surface area (Å²) >= 11 is 0. The minimum Gasteiger partial charge on any atom is -0.460 e. The zero-order valence-electron chi connectivity index (χ0n) is 12.8. The molecule has 21 heavy (non-hydrogen) atoms. The van der Waals surface area contributed by atoms with Crippen molar-refractivity contribution >= 4 is 23.3 Å². The number of aromatic nitrogens is 1. The molecule has 0 fully saturated rings. The van der Waals surface area contributed by atoms with Gasteiger partial charge in [-0.3, -0.25) is 14.6 Å². The van der Waals surface area contributed by atoms with Crippen LogP contribution < -0.4 is 4.90 Å². The number of anilines is 1. The maximum Gasteiger partial charge on any atom is 0.374 e. The molecule has 0 unspecified atom stereocenters. The summed E-state index contributed by atoms with van der Waals surface area (Å²) in [6.45, 7) is 5.37. The molecule has 0 aliphatic rings. The van der Waals surface area contributed by atoms with Crippen LogP contribution in [-0.4, -0.2) is 36.3 Å². The van der Waals surface area contributed by atoms with Crippen molar-refractivity contribution in [3.63, 3.8) is 0 Å². The molecule has 6 heteroatoms. The van der Waals surface area contributed by atoms with Crippen molar-refractivity contribution in [2.24, 2.45) is 5.92 Å². The minimum atomic E-state index is -0.870. The third-order valence-electron chi connectivity index (χ3n) is 2.92. The standard InChI is InChI=1S/C15H20N2O4/c1-5-21-15(20)13(18)8-11-9-16-7-6-12(11)17(4)14(19)10(2)3/h6-7,9-10H,5,8H2,1-4H3. The molecule has 0 atom stereocenters. The van der Waals surface area contributed by atoms with E-state index in [0.717, 1.165) is 0 Å². The quantitative estimate of drug-likeness (QED) is 0.584. The number of nitrogens with zero attached hydrogens (tertiary/aromatic N) is 2. The number of rotatable bonds is 6. The third kappa shape index (κ3) is 4.37. The van der Waals surface area contributed by atoms with E-state index in [1.165, 1.54) is 17.3 Å². The van der Waals surface area contributed by atoms with Gasteiger partial charge in [0.05, 0.1) is 6.61 Å². The van der Waals surface area contributed by atoms with E-state index in [1.54, 1.807) is 33.9 Å². The van der Waals surface area contributed by atoms with E-state index in [9.17, 15) is 14.4 Å². The van der Waals surface area contributed by atoms with Gasteiger partial charge in [0, 0.05) is 43.0 Å². The van der Waals surface area contributed by atoms with Crippen LogP contribution in [-0.2, 0) is 25.5 Å². The molecular formula is C15H20N2O4. The van der Waals surface area contributed by atoms with Crippen LogP contribution in [0.25, 0.3) is 0 Å². The predicted octanol–water partition coefficient (Wildman–Crippen LogP) is 1.38. The molecule has 0 aliphatic carbocycles. The Morgan fingerprint density at radius 1 is 1.33 bits per heavy atom. The van der Waals surface area contributed by atoms with Gasteiger partial charge in [0.2, 0.25) is 11.7 Å². The predicted molar refractivity (Wildman–Crippen MR) is 77.8 cm³/mol. The number of esters is 1. The Labute approximate surface area is 124 Å². The van der Waals surface area contributed by atoms with Crippen molar-refractivity contribution < 1.29 is 19.1 Å². The van der Waals surface area contributed by atoms with E-state index in [2.05, 4.69) is 9.72 Å². The molecule has 0 aromatic carbocycles. The summed E-state index contributed by atoms with van der Waals surface area (Å²) in [5.74, 6) is -1.77. The Kier molecular flexibility index (Phi) is 6.02. The average molecular weight is 292 g/mol.